The maximum absolute atomic E-state index is 9.23. The Kier molecular flexibility index (Phi) is 4.11. The first-order valence-corrected chi connectivity index (χ1v) is 7.45. The van der Waals surface area contributed by atoms with Crippen molar-refractivity contribution in [1.29, 1.82) is 0 Å². The van der Waals surface area contributed by atoms with Gasteiger partial charge in [-0.3, -0.25) is 0 Å². The fraction of sp³-hybridized carbons (Fsp3) is 0.235. The standard InChI is InChI=1S/C17H17ClN2O/c18-14-6-3-5-13(11-14)12-20-10-4-8-16(19-21)15-7-1-2-9-17(15)20/h1-3,5-7,9,11,21H,4,8,10,12H2/b19-16-. The van der Waals surface area contributed by atoms with E-state index in [1.807, 2.05) is 36.4 Å². The van der Waals surface area contributed by atoms with Crippen LogP contribution < -0.4 is 4.90 Å². The van der Waals surface area contributed by atoms with E-state index < -0.39 is 0 Å². The molecule has 2 aromatic carbocycles. The normalized spacial score (nSPS) is 16.6. The summed E-state index contributed by atoms with van der Waals surface area (Å²) in [5.74, 6) is 0. The summed E-state index contributed by atoms with van der Waals surface area (Å²) in [6.07, 6.45) is 1.76. The van der Waals surface area contributed by atoms with E-state index in [1.54, 1.807) is 0 Å². The van der Waals surface area contributed by atoms with Crippen molar-refractivity contribution in [2.75, 3.05) is 11.4 Å². The van der Waals surface area contributed by atoms with Crippen LogP contribution in [0.25, 0.3) is 0 Å². The van der Waals surface area contributed by atoms with Crippen LogP contribution in [0.1, 0.15) is 24.0 Å². The van der Waals surface area contributed by atoms with Gasteiger partial charge in [-0.25, -0.2) is 0 Å². The fourth-order valence-electron chi connectivity index (χ4n) is 2.81. The third kappa shape index (κ3) is 3.03. The third-order valence-corrected chi connectivity index (χ3v) is 4.02. The van der Waals surface area contributed by atoms with Gasteiger partial charge in [0.1, 0.15) is 0 Å². The molecule has 0 spiro atoms. The minimum absolute atomic E-state index is 0.758. The molecule has 0 saturated carbocycles. The molecule has 1 heterocycles. The van der Waals surface area contributed by atoms with Crippen molar-refractivity contribution in [1.82, 2.24) is 0 Å². The van der Waals surface area contributed by atoms with E-state index in [4.69, 9.17) is 11.6 Å². The van der Waals surface area contributed by atoms with E-state index in [-0.39, 0.29) is 0 Å². The molecule has 0 saturated heterocycles. The second-order valence-corrected chi connectivity index (χ2v) is 5.66. The first kappa shape index (κ1) is 14.0. The van der Waals surface area contributed by atoms with Crippen LogP contribution in [0.4, 0.5) is 5.69 Å². The summed E-state index contributed by atoms with van der Waals surface area (Å²) >= 11 is 6.07. The minimum Gasteiger partial charge on any atom is -0.411 e. The van der Waals surface area contributed by atoms with Crippen LogP contribution in [0.2, 0.25) is 5.02 Å². The van der Waals surface area contributed by atoms with E-state index in [2.05, 4.69) is 22.2 Å². The molecule has 4 heteroatoms. The van der Waals surface area contributed by atoms with Crippen molar-refractivity contribution in [3.8, 4) is 0 Å². The molecule has 0 bridgehead atoms. The van der Waals surface area contributed by atoms with Crippen LogP contribution in [0.3, 0.4) is 0 Å². The Morgan fingerprint density at radius 2 is 2.00 bits per heavy atom. The molecular weight excluding hydrogens is 284 g/mol. The van der Waals surface area contributed by atoms with E-state index in [0.29, 0.717) is 0 Å². The molecule has 108 valence electrons. The molecule has 0 amide bonds. The van der Waals surface area contributed by atoms with Gasteiger partial charge in [0.05, 0.1) is 5.71 Å². The number of halogens is 1. The van der Waals surface area contributed by atoms with Crippen LogP contribution in [0.15, 0.2) is 53.7 Å². The van der Waals surface area contributed by atoms with E-state index in [9.17, 15) is 5.21 Å². The molecular formula is C17H17ClN2O. The number of benzene rings is 2. The number of anilines is 1. The zero-order valence-corrected chi connectivity index (χ0v) is 12.4. The summed E-state index contributed by atoms with van der Waals surface area (Å²) in [6.45, 7) is 1.73. The first-order chi connectivity index (χ1) is 10.3. The number of nitrogens with zero attached hydrogens (tertiary/aromatic N) is 2. The highest BCUT2D eigenvalue weighted by molar-refractivity contribution is 6.30. The van der Waals surface area contributed by atoms with Crippen molar-refractivity contribution < 1.29 is 5.21 Å². The molecule has 1 N–H and O–H groups in total. The number of para-hydroxylation sites is 1. The van der Waals surface area contributed by atoms with Crippen molar-refractivity contribution in [2.45, 2.75) is 19.4 Å². The third-order valence-electron chi connectivity index (χ3n) is 3.78. The van der Waals surface area contributed by atoms with Crippen LogP contribution in [-0.4, -0.2) is 17.5 Å². The Labute approximate surface area is 129 Å². The van der Waals surface area contributed by atoms with Crippen LogP contribution in [0.5, 0.6) is 0 Å². The largest absolute Gasteiger partial charge is 0.411 e. The molecule has 0 unspecified atom stereocenters. The molecule has 0 fully saturated rings. The summed E-state index contributed by atoms with van der Waals surface area (Å²) in [6, 6.07) is 16.0. The lowest BCUT2D eigenvalue weighted by Crippen LogP contribution is -2.23. The molecule has 2 aromatic rings. The minimum atomic E-state index is 0.758. The molecule has 1 aliphatic rings. The highest BCUT2D eigenvalue weighted by Crippen LogP contribution is 2.28. The average Bonchev–Trinajstić information content (AvgIpc) is 2.67. The summed E-state index contributed by atoms with van der Waals surface area (Å²) in [4.78, 5) is 2.32. The van der Waals surface area contributed by atoms with Gasteiger partial charge in [0.25, 0.3) is 0 Å². The molecule has 0 aliphatic carbocycles. The second kappa shape index (κ2) is 6.19. The maximum Gasteiger partial charge on any atom is 0.0889 e. The zero-order chi connectivity index (χ0) is 14.7. The van der Waals surface area contributed by atoms with Gasteiger partial charge in [-0.2, -0.15) is 0 Å². The van der Waals surface area contributed by atoms with E-state index >= 15 is 0 Å². The highest BCUT2D eigenvalue weighted by Gasteiger charge is 2.19. The van der Waals surface area contributed by atoms with Gasteiger partial charge in [-0.15, -0.1) is 0 Å². The Bertz CT molecular complexity index is 669. The quantitative estimate of drug-likeness (QED) is 0.662. The number of hydrogen-bond donors (Lipinski definition) is 1. The molecule has 21 heavy (non-hydrogen) atoms. The van der Waals surface area contributed by atoms with Gasteiger partial charge >= 0.3 is 0 Å². The SMILES string of the molecule is O/N=C1/CCCN(Cc2cccc(Cl)c2)c2ccccc21. The smallest absolute Gasteiger partial charge is 0.0889 e. The molecule has 0 aromatic heterocycles. The summed E-state index contributed by atoms with van der Waals surface area (Å²) in [5, 5.41) is 13.5. The van der Waals surface area contributed by atoms with Crippen molar-refractivity contribution >= 4 is 23.0 Å². The second-order valence-electron chi connectivity index (χ2n) is 5.22. The maximum atomic E-state index is 9.23. The predicted octanol–water partition coefficient (Wildman–Crippen LogP) is 4.32. The fourth-order valence-corrected chi connectivity index (χ4v) is 3.02. The Balaban J connectivity index is 1.95. The zero-order valence-electron chi connectivity index (χ0n) is 11.7. The van der Waals surface area contributed by atoms with Crippen LogP contribution in [0, 0.1) is 0 Å². The van der Waals surface area contributed by atoms with Crippen LogP contribution in [-0.2, 0) is 6.54 Å². The topological polar surface area (TPSA) is 35.8 Å². The van der Waals surface area contributed by atoms with Crippen LogP contribution >= 0.6 is 11.6 Å². The predicted molar refractivity (Wildman–Crippen MR) is 86.5 cm³/mol. The van der Waals surface area contributed by atoms with E-state index in [1.165, 1.54) is 5.56 Å². The lowest BCUT2D eigenvalue weighted by molar-refractivity contribution is 0.318. The monoisotopic (exact) mass is 300 g/mol. The average molecular weight is 301 g/mol. The summed E-state index contributed by atoms with van der Waals surface area (Å²) < 4.78 is 0. The van der Waals surface area contributed by atoms with Gasteiger partial charge in [0.15, 0.2) is 0 Å². The number of fused-ring (bicyclic) bond motifs is 1. The molecule has 0 radical (unpaired) electrons. The Morgan fingerprint density at radius 3 is 2.81 bits per heavy atom. The molecule has 3 nitrogen and oxygen atoms in total. The molecule has 0 atom stereocenters. The van der Waals surface area contributed by atoms with Crippen molar-refractivity contribution in [2.24, 2.45) is 5.16 Å². The Hall–Kier alpha value is -2.00. The Morgan fingerprint density at radius 1 is 1.14 bits per heavy atom. The number of oxime groups is 1. The summed E-state index contributed by atoms with van der Waals surface area (Å²) in [5.41, 5.74) is 4.07. The molecule has 3 rings (SSSR count). The number of rotatable bonds is 2. The van der Waals surface area contributed by atoms with Gasteiger partial charge in [0, 0.05) is 29.4 Å². The van der Waals surface area contributed by atoms with Crippen molar-refractivity contribution in [3.63, 3.8) is 0 Å². The van der Waals surface area contributed by atoms with Gasteiger partial charge in [-0.05, 0) is 36.6 Å². The summed E-state index contributed by atoms with van der Waals surface area (Å²) in [7, 11) is 0. The lowest BCUT2D eigenvalue weighted by Gasteiger charge is -2.25. The van der Waals surface area contributed by atoms with Gasteiger partial charge in [-0.1, -0.05) is 47.1 Å². The van der Waals surface area contributed by atoms with Crippen molar-refractivity contribution in [3.05, 3.63) is 64.7 Å². The van der Waals surface area contributed by atoms with Gasteiger partial charge in [0.2, 0.25) is 0 Å². The number of hydrogen-bond acceptors (Lipinski definition) is 3. The van der Waals surface area contributed by atoms with E-state index in [0.717, 1.165) is 47.9 Å². The highest BCUT2D eigenvalue weighted by atomic mass is 35.5. The molecule has 1 aliphatic heterocycles. The van der Waals surface area contributed by atoms with Gasteiger partial charge < -0.3 is 10.1 Å². The first-order valence-electron chi connectivity index (χ1n) is 7.07. The lowest BCUT2D eigenvalue weighted by atomic mass is 10.1.